The molecule has 1 aromatic heterocycles. The van der Waals surface area contributed by atoms with Gasteiger partial charge in [-0.1, -0.05) is 12.5 Å². The second-order valence-corrected chi connectivity index (χ2v) is 4.67. The van der Waals surface area contributed by atoms with Crippen LogP contribution in [-0.4, -0.2) is 11.0 Å². The number of nitrogens with zero attached hydrogens (tertiary/aromatic N) is 1. The second kappa shape index (κ2) is 4.75. The van der Waals surface area contributed by atoms with Crippen molar-refractivity contribution in [1.82, 2.24) is 10.3 Å². The van der Waals surface area contributed by atoms with Crippen molar-refractivity contribution in [3.05, 3.63) is 29.6 Å². The van der Waals surface area contributed by atoms with Gasteiger partial charge in [0.15, 0.2) is 0 Å². The van der Waals surface area contributed by atoms with Gasteiger partial charge in [-0.15, -0.1) is 0 Å². The lowest BCUT2D eigenvalue weighted by atomic mass is 9.80. The van der Waals surface area contributed by atoms with Crippen molar-refractivity contribution in [3.63, 3.8) is 0 Å². The molecular weight excluding hydrogens is 184 g/mol. The predicted octanol–water partition coefficient (Wildman–Crippen LogP) is 2.67. The van der Waals surface area contributed by atoms with Gasteiger partial charge in [0.25, 0.3) is 0 Å². The molecule has 0 amide bonds. The molecule has 1 unspecified atom stereocenters. The van der Waals surface area contributed by atoms with Crippen LogP contribution in [0.2, 0.25) is 0 Å². The van der Waals surface area contributed by atoms with E-state index in [-0.39, 0.29) is 0 Å². The monoisotopic (exact) mass is 204 g/mol. The molecule has 1 heterocycles. The minimum absolute atomic E-state index is 0.653. The molecule has 1 atom stereocenters. The second-order valence-electron chi connectivity index (χ2n) is 4.67. The Labute approximate surface area is 92.1 Å². The lowest BCUT2D eigenvalue weighted by Crippen LogP contribution is -2.36. The first-order chi connectivity index (χ1) is 7.25. The van der Waals surface area contributed by atoms with E-state index in [9.17, 15) is 0 Å². The van der Waals surface area contributed by atoms with Gasteiger partial charge >= 0.3 is 0 Å². The van der Waals surface area contributed by atoms with Crippen LogP contribution in [0.25, 0.3) is 0 Å². The first-order valence-electron chi connectivity index (χ1n) is 5.90. The number of rotatable bonds is 4. The van der Waals surface area contributed by atoms with E-state index in [2.05, 4.69) is 29.4 Å². The zero-order valence-electron chi connectivity index (χ0n) is 9.66. The minimum atomic E-state index is 0.653. The van der Waals surface area contributed by atoms with Crippen LogP contribution in [0.1, 0.15) is 37.4 Å². The number of aryl methyl sites for hydroxylation is 1. The topological polar surface area (TPSA) is 24.9 Å². The number of hydrogen-bond donors (Lipinski definition) is 1. The van der Waals surface area contributed by atoms with E-state index in [4.69, 9.17) is 0 Å². The molecule has 0 radical (unpaired) electrons. The van der Waals surface area contributed by atoms with E-state index in [0.29, 0.717) is 6.04 Å². The van der Waals surface area contributed by atoms with Crippen LogP contribution >= 0.6 is 0 Å². The molecule has 2 heteroatoms. The number of nitrogens with one attached hydrogen (secondary N) is 1. The summed E-state index contributed by atoms with van der Waals surface area (Å²) < 4.78 is 0. The van der Waals surface area contributed by atoms with Gasteiger partial charge in [0, 0.05) is 24.5 Å². The van der Waals surface area contributed by atoms with Gasteiger partial charge in [0.1, 0.15) is 0 Å². The molecular formula is C13H20N2. The summed E-state index contributed by atoms with van der Waals surface area (Å²) in [5, 5.41) is 3.58. The largest absolute Gasteiger partial charge is 0.310 e. The first kappa shape index (κ1) is 10.6. The van der Waals surface area contributed by atoms with Gasteiger partial charge in [0.2, 0.25) is 0 Å². The van der Waals surface area contributed by atoms with Gasteiger partial charge in [-0.2, -0.15) is 0 Å². The third-order valence-electron chi connectivity index (χ3n) is 3.46. The summed E-state index contributed by atoms with van der Waals surface area (Å²) in [6.07, 6.45) is 6.19. The predicted molar refractivity (Wildman–Crippen MR) is 62.6 cm³/mol. The fourth-order valence-corrected chi connectivity index (χ4v) is 1.99. The van der Waals surface area contributed by atoms with Crippen LogP contribution in [0.15, 0.2) is 18.3 Å². The van der Waals surface area contributed by atoms with E-state index in [1.54, 1.807) is 0 Å². The summed E-state index contributed by atoms with van der Waals surface area (Å²) in [4.78, 5) is 4.30. The zero-order valence-corrected chi connectivity index (χ0v) is 9.66. The maximum atomic E-state index is 4.30. The molecule has 0 aliphatic heterocycles. The summed E-state index contributed by atoms with van der Waals surface area (Å²) in [6.45, 7) is 5.27. The van der Waals surface area contributed by atoms with Crippen molar-refractivity contribution < 1.29 is 0 Å². The number of hydrogen-bond acceptors (Lipinski definition) is 2. The summed E-state index contributed by atoms with van der Waals surface area (Å²) >= 11 is 0. The Morgan fingerprint density at radius 2 is 2.27 bits per heavy atom. The summed E-state index contributed by atoms with van der Waals surface area (Å²) in [5.41, 5.74) is 2.37. The first-order valence-corrected chi connectivity index (χ1v) is 5.90. The molecule has 1 aromatic rings. The fourth-order valence-electron chi connectivity index (χ4n) is 1.99. The Kier molecular flexibility index (Phi) is 3.37. The van der Waals surface area contributed by atoms with Gasteiger partial charge < -0.3 is 5.32 Å². The van der Waals surface area contributed by atoms with Crippen molar-refractivity contribution in [2.45, 2.75) is 45.7 Å². The zero-order chi connectivity index (χ0) is 10.7. The molecule has 0 spiro atoms. The Hall–Kier alpha value is -0.890. The molecule has 1 aliphatic carbocycles. The maximum absolute atomic E-state index is 4.30. The summed E-state index contributed by atoms with van der Waals surface area (Å²) in [5.74, 6) is 0.906. The van der Waals surface area contributed by atoms with Crippen molar-refractivity contribution in [2.24, 2.45) is 5.92 Å². The van der Waals surface area contributed by atoms with E-state index in [0.717, 1.165) is 18.2 Å². The SMILES string of the molecule is Cc1ccc(CNC(C)C2CCC2)cn1. The van der Waals surface area contributed by atoms with Crippen molar-refractivity contribution in [3.8, 4) is 0 Å². The Morgan fingerprint density at radius 1 is 1.47 bits per heavy atom. The van der Waals surface area contributed by atoms with Gasteiger partial charge in [-0.25, -0.2) is 0 Å². The lowest BCUT2D eigenvalue weighted by Gasteiger charge is -2.32. The third kappa shape index (κ3) is 2.78. The molecule has 2 rings (SSSR count). The normalized spacial score (nSPS) is 18.5. The Balaban J connectivity index is 1.79. The van der Waals surface area contributed by atoms with Crippen LogP contribution in [0, 0.1) is 12.8 Å². The van der Waals surface area contributed by atoms with Crippen LogP contribution in [0.3, 0.4) is 0 Å². The highest BCUT2D eigenvalue weighted by molar-refractivity contribution is 5.12. The van der Waals surface area contributed by atoms with Crippen LogP contribution < -0.4 is 5.32 Å². The standard InChI is InChI=1S/C13H20N2/c1-10-6-7-12(8-14-10)9-15-11(2)13-4-3-5-13/h6-8,11,13,15H,3-5,9H2,1-2H3. The average Bonchev–Trinajstić information content (AvgIpc) is 2.14. The lowest BCUT2D eigenvalue weighted by molar-refractivity contribution is 0.240. The highest BCUT2D eigenvalue weighted by Crippen LogP contribution is 2.29. The molecule has 0 aromatic carbocycles. The Bertz CT molecular complexity index is 301. The quantitative estimate of drug-likeness (QED) is 0.815. The van der Waals surface area contributed by atoms with Crippen molar-refractivity contribution in [2.75, 3.05) is 0 Å². The van der Waals surface area contributed by atoms with E-state index < -0.39 is 0 Å². The van der Waals surface area contributed by atoms with Crippen LogP contribution in [0.5, 0.6) is 0 Å². The number of pyridine rings is 1. The molecule has 0 saturated heterocycles. The molecule has 1 fully saturated rings. The maximum Gasteiger partial charge on any atom is 0.0372 e. The van der Waals surface area contributed by atoms with E-state index >= 15 is 0 Å². The highest BCUT2D eigenvalue weighted by atomic mass is 14.9. The van der Waals surface area contributed by atoms with Gasteiger partial charge in [-0.3, -0.25) is 4.98 Å². The molecule has 82 valence electrons. The molecule has 1 N–H and O–H groups in total. The van der Waals surface area contributed by atoms with Gasteiger partial charge in [-0.05, 0) is 44.2 Å². The fraction of sp³-hybridized carbons (Fsp3) is 0.615. The molecule has 15 heavy (non-hydrogen) atoms. The number of aromatic nitrogens is 1. The van der Waals surface area contributed by atoms with Crippen molar-refractivity contribution >= 4 is 0 Å². The van der Waals surface area contributed by atoms with Crippen molar-refractivity contribution in [1.29, 1.82) is 0 Å². The van der Waals surface area contributed by atoms with Crippen LogP contribution in [-0.2, 0) is 6.54 Å². The smallest absolute Gasteiger partial charge is 0.0372 e. The third-order valence-corrected chi connectivity index (χ3v) is 3.46. The Morgan fingerprint density at radius 3 is 2.80 bits per heavy atom. The summed E-state index contributed by atoms with van der Waals surface area (Å²) in [7, 11) is 0. The molecule has 1 aliphatic rings. The van der Waals surface area contributed by atoms with E-state index in [1.807, 2.05) is 13.1 Å². The summed E-state index contributed by atoms with van der Waals surface area (Å²) in [6, 6.07) is 4.88. The van der Waals surface area contributed by atoms with E-state index in [1.165, 1.54) is 24.8 Å². The minimum Gasteiger partial charge on any atom is -0.310 e. The van der Waals surface area contributed by atoms with Gasteiger partial charge in [0.05, 0.1) is 0 Å². The molecule has 2 nitrogen and oxygen atoms in total. The van der Waals surface area contributed by atoms with Crippen LogP contribution in [0.4, 0.5) is 0 Å². The molecule has 0 bridgehead atoms. The molecule has 1 saturated carbocycles. The average molecular weight is 204 g/mol. The highest BCUT2D eigenvalue weighted by Gasteiger charge is 2.23.